The summed E-state index contributed by atoms with van der Waals surface area (Å²) in [4.78, 5) is 96.1. The van der Waals surface area contributed by atoms with E-state index in [1.807, 2.05) is 25.1 Å². The van der Waals surface area contributed by atoms with Crippen molar-refractivity contribution in [3.05, 3.63) is 65.7 Å². The standard InChI is InChI=1S/C43H62N8O8S2/c1-4-59-30-15-13-29(14-16-30)22-31-39(55)48-32(21-28-11-7-5-8-12-28)41(57)51-37(27(2)3)42(58)49-33(23-35(45)52)40(56)50-34(38(54)46-20-19-44)25-60-26-61-43(24-36(53)47-31)17-9-6-10-18-43/h5,7-8,11-16,27,31-34,37H,4,6,9-10,17-26,44H2,1-3H3,(H2,45,52)(H,46,54)(H,47,53)(H,48,55)(H,49,58)(H,50,56)(H,51,57)/t31-,32-,33-,34-,37+/m1/s1. The minimum absolute atomic E-state index is 0.0479. The van der Waals surface area contributed by atoms with Crippen molar-refractivity contribution in [2.24, 2.45) is 17.4 Å². The van der Waals surface area contributed by atoms with E-state index in [1.165, 1.54) is 11.8 Å². The molecule has 2 aromatic rings. The van der Waals surface area contributed by atoms with E-state index >= 15 is 0 Å². The van der Waals surface area contributed by atoms with Gasteiger partial charge in [0.05, 0.1) is 13.0 Å². The van der Waals surface area contributed by atoms with E-state index in [9.17, 15) is 33.6 Å². The molecule has 1 spiro atoms. The molecule has 2 aromatic carbocycles. The van der Waals surface area contributed by atoms with Gasteiger partial charge in [0.2, 0.25) is 41.4 Å². The quantitative estimate of drug-likeness (QED) is 0.151. The minimum Gasteiger partial charge on any atom is -0.494 e. The molecule has 1 saturated heterocycles. The van der Waals surface area contributed by atoms with Gasteiger partial charge in [0.25, 0.3) is 0 Å². The summed E-state index contributed by atoms with van der Waals surface area (Å²) in [7, 11) is 0. The number of hydrogen-bond acceptors (Lipinski definition) is 11. The SMILES string of the molecule is CCOc1ccc(C[C@H]2NC(=O)CC3(CCCCC3)SCSC[C@H](C(=O)NCCN)NC(=O)[C@@H](CC(N)=O)NC(=O)[C@H](C(C)C)NC(=O)[C@@H](Cc3ccccc3)NC2=O)cc1. The molecule has 334 valence electrons. The van der Waals surface area contributed by atoms with Crippen LogP contribution in [-0.2, 0) is 46.4 Å². The number of thioether (sulfide) groups is 2. The lowest BCUT2D eigenvalue weighted by Crippen LogP contribution is -2.61. The number of primary amides is 1. The molecule has 4 rings (SSSR count). The van der Waals surface area contributed by atoms with E-state index in [-0.39, 0.29) is 44.0 Å². The molecule has 7 amide bonds. The van der Waals surface area contributed by atoms with Crippen LogP contribution < -0.4 is 48.1 Å². The molecule has 5 atom stereocenters. The normalized spacial score (nSPS) is 23.6. The maximum Gasteiger partial charge on any atom is 0.243 e. The second kappa shape index (κ2) is 24.6. The zero-order valence-corrected chi connectivity index (χ0v) is 36.9. The highest BCUT2D eigenvalue weighted by Gasteiger charge is 2.38. The predicted molar refractivity (Wildman–Crippen MR) is 237 cm³/mol. The molecular formula is C43H62N8O8S2. The zero-order chi connectivity index (χ0) is 44.4. The van der Waals surface area contributed by atoms with Crippen molar-refractivity contribution in [2.75, 3.05) is 30.5 Å². The van der Waals surface area contributed by atoms with Crippen molar-refractivity contribution in [1.29, 1.82) is 0 Å². The molecule has 16 nitrogen and oxygen atoms in total. The van der Waals surface area contributed by atoms with E-state index in [4.69, 9.17) is 16.2 Å². The van der Waals surface area contributed by atoms with Crippen molar-refractivity contribution in [2.45, 2.75) is 114 Å². The average Bonchev–Trinajstić information content (AvgIpc) is 3.22. The van der Waals surface area contributed by atoms with Crippen molar-refractivity contribution >= 4 is 64.9 Å². The van der Waals surface area contributed by atoms with Crippen LogP contribution in [0.5, 0.6) is 5.75 Å². The average molecular weight is 883 g/mol. The topological polar surface area (TPSA) is 253 Å². The first-order valence-corrected chi connectivity index (χ1v) is 23.1. The highest BCUT2D eigenvalue weighted by Crippen LogP contribution is 2.44. The van der Waals surface area contributed by atoms with Gasteiger partial charge >= 0.3 is 0 Å². The highest BCUT2D eigenvalue weighted by atomic mass is 32.2. The van der Waals surface area contributed by atoms with Gasteiger partial charge in [-0.15, -0.1) is 23.5 Å². The van der Waals surface area contributed by atoms with Crippen LogP contribution in [0, 0.1) is 5.92 Å². The molecule has 1 aliphatic carbocycles. The fraction of sp³-hybridized carbons (Fsp3) is 0.558. The Labute approximate surface area is 366 Å². The van der Waals surface area contributed by atoms with Crippen LogP contribution in [0.1, 0.15) is 76.8 Å². The number of ether oxygens (including phenoxy) is 1. The van der Waals surface area contributed by atoms with Gasteiger partial charge < -0.3 is 48.1 Å². The van der Waals surface area contributed by atoms with Gasteiger partial charge in [-0.25, -0.2) is 0 Å². The van der Waals surface area contributed by atoms with Crippen LogP contribution in [0.15, 0.2) is 54.6 Å². The predicted octanol–water partition coefficient (Wildman–Crippen LogP) is 1.43. The second-order valence-electron chi connectivity index (χ2n) is 15.8. The lowest BCUT2D eigenvalue weighted by Gasteiger charge is -2.37. The summed E-state index contributed by atoms with van der Waals surface area (Å²) in [6.07, 6.45) is 4.12. The fourth-order valence-electron chi connectivity index (χ4n) is 7.34. The summed E-state index contributed by atoms with van der Waals surface area (Å²) in [5.74, 6) is -4.31. The van der Waals surface area contributed by atoms with Crippen molar-refractivity contribution in [1.82, 2.24) is 31.9 Å². The molecule has 1 heterocycles. The van der Waals surface area contributed by atoms with Gasteiger partial charge in [0, 0.05) is 47.9 Å². The molecule has 0 aromatic heterocycles. The molecule has 1 saturated carbocycles. The Balaban J connectivity index is 1.75. The van der Waals surface area contributed by atoms with Crippen molar-refractivity contribution in [3.8, 4) is 5.75 Å². The number of amides is 7. The van der Waals surface area contributed by atoms with E-state index < -0.39 is 82.7 Å². The molecule has 0 radical (unpaired) electrons. The third kappa shape index (κ3) is 15.9. The van der Waals surface area contributed by atoms with Crippen LogP contribution in [0.25, 0.3) is 0 Å². The van der Waals surface area contributed by atoms with Gasteiger partial charge in [-0.1, -0.05) is 75.6 Å². The van der Waals surface area contributed by atoms with Gasteiger partial charge in [-0.2, -0.15) is 0 Å². The first-order valence-electron chi connectivity index (χ1n) is 21.0. The number of hydrogen-bond donors (Lipinski definition) is 8. The van der Waals surface area contributed by atoms with Crippen LogP contribution in [0.3, 0.4) is 0 Å². The summed E-state index contributed by atoms with van der Waals surface area (Å²) in [6.45, 7) is 6.06. The van der Waals surface area contributed by atoms with Crippen LogP contribution in [0.2, 0.25) is 0 Å². The molecule has 10 N–H and O–H groups in total. The van der Waals surface area contributed by atoms with Gasteiger partial charge in [-0.05, 0) is 48.9 Å². The fourth-order valence-corrected chi connectivity index (χ4v) is 10.3. The Morgan fingerprint density at radius 2 is 1.41 bits per heavy atom. The van der Waals surface area contributed by atoms with Crippen molar-refractivity contribution < 1.29 is 38.3 Å². The molecule has 0 unspecified atom stereocenters. The first-order chi connectivity index (χ1) is 29.2. The maximum atomic E-state index is 14.4. The van der Waals surface area contributed by atoms with Gasteiger partial charge in [0.15, 0.2) is 0 Å². The largest absolute Gasteiger partial charge is 0.494 e. The minimum atomic E-state index is -1.48. The lowest BCUT2D eigenvalue weighted by molar-refractivity contribution is -0.136. The number of carbonyl (C=O) groups excluding carboxylic acids is 7. The third-order valence-electron chi connectivity index (χ3n) is 10.6. The highest BCUT2D eigenvalue weighted by molar-refractivity contribution is 8.16. The summed E-state index contributed by atoms with van der Waals surface area (Å²) in [6, 6.07) is 10.2. The summed E-state index contributed by atoms with van der Waals surface area (Å²) >= 11 is 3.01. The van der Waals surface area contributed by atoms with Gasteiger partial charge in [0.1, 0.15) is 36.0 Å². The summed E-state index contributed by atoms with van der Waals surface area (Å²) in [5.41, 5.74) is 12.6. The first kappa shape index (κ1) is 48.9. The van der Waals surface area contributed by atoms with Crippen LogP contribution in [0.4, 0.5) is 0 Å². The Bertz CT molecular complexity index is 1800. The summed E-state index contributed by atoms with van der Waals surface area (Å²) < 4.78 is 5.16. The van der Waals surface area contributed by atoms with Crippen LogP contribution >= 0.6 is 23.5 Å². The van der Waals surface area contributed by atoms with Crippen LogP contribution in [-0.4, -0.2) is 107 Å². The number of nitrogens with one attached hydrogen (secondary N) is 6. The molecule has 2 fully saturated rings. The monoisotopic (exact) mass is 882 g/mol. The van der Waals surface area contributed by atoms with Crippen molar-refractivity contribution in [3.63, 3.8) is 0 Å². The molecule has 18 heteroatoms. The molecule has 2 aliphatic rings. The lowest BCUT2D eigenvalue weighted by atomic mass is 9.85. The maximum absolute atomic E-state index is 14.4. The Morgan fingerprint density at radius 1 is 0.803 bits per heavy atom. The second-order valence-corrected chi connectivity index (χ2v) is 18.6. The van der Waals surface area contributed by atoms with E-state index in [2.05, 4.69) is 31.9 Å². The molecule has 0 bridgehead atoms. The third-order valence-corrected chi connectivity index (χ3v) is 13.5. The number of carbonyl (C=O) groups is 7. The van der Waals surface area contributed by atoms with Gasteiger partial charge in [-0.3, -0.25) is 33.6 Å². The van der Waals surface area contributed by atoms with E-state index in [1.54, 1.807) is 62.0 Å². The molecule has 61 heavy (non-hydrogen) atoms. The number of rotatable bonds is 12. The van der Waals surface area contributed by atoms with E-state index in [0.717, 1.165) is 43.2 Å². The Kier molecular flexibility index (Phi) is 19.7. The number of nitrogens with two attached hydrogens (primary N) is 2. The Morgan fingerprint density at radius 3 is 2.03 bits per heavy atom. The molecular weight excluding hydrogens is 821 g/mol. The summed E-state index contributed by atoms with van der Waals surface area (Å²) in [5, 5.41) is 17.1. The molecule has 1 aliphatic heterocycles. The number of benzene rings is 2. The zero-order valence-electron chi connectivity index (χ0n) is 35.3. The smallest absolute Gasteiger partial charge is 0.243 e. The Hall–Kier alpha value is -4.81. The van der Waals surface area contributed by atoms with E-state index in [0.29, 0.717) is 17.4 Å².